The zero-order valence-corrected chi connectivity index (χ0v) is 14.3. The lowest BCUT2D eigenvalue weighted by molar-refractivity contribution is -0.140. The highest BCUT2D eigenvalue weighted by Crippen LogP contribution is 2.34. The SMILES string of the molecule is COc1ncc(Br)cc1NS(=O)(=O)c1ccc(F)c(C(F)(F)F)c1. The van der Waals surface area contributed by atoms with Crippen molar-refractivity contribution < 1.29 is 30.7 Å². The van der Waals surface area contributed by atoms with Crippen molar-refractivity contribution in [1.82, 2.24) is 4.98 Å². The van der Waals surface area contributed by atoms with E-state index in [9.17, 15) is 26.0 Å². The second-order valence-electron chi connectivity index (χ2n) is 4.46. The van der Waals surface area contributed by atoms with Gasteiger partial charge in [-0.15, -0.1) is 0 Å². The van der Waals surface area contributed by atoms with E-state index in [2.05, 4.69) is 25.6 Å². The molecule has 2 rings (SSSR count). The molecular weight excluding hydrogens is 420 g/mol. The maximum atomic E-state index is 13.3. The summed E-state index contributed by atoms with van der Waals surface area (Å²) in [6.07, 6.45) is -3.68. The summed E-state index contributed by atoms with van der Waals surface area (Å²) in [7, 11) is -3.18. The fourth-order valence-corrected chi connectivity index (χ4v) is 3.16. The van der Waals surface area contributed by atoms with Crippen molar-refractivity contribution in [3.63, 3.8) is 0 Å². The molecule has 0 atom stereocenters. The molecule has 1 N–H and O–H groups in total. The third-order valence-electron chi connectivity index (χ3n) is 2.81. The minimum atomic E-state index is -5.02. The second-order valence-corrected chi connectivity index (χ2v) is 7.05. The molecular formula is C13H9BrF4N2O3S. The molecule has 130 valence electrons. The molecule has 0 bridgehead atoms. The summed E-state index contributed by atoms with van der Waals surface area (Å²) in [4.78, 5) is 3.06. The largest absolute Gasteiger partial charge is 0.479 e. The van der Waals surface area contributed by atoms with Gasteiger partial charge in [0.15, 0.2) is 0 Å². The van der Waals surface area contributed by atoms with Gasteiger partial charge in [0, 0.05) is 10.7 Å². The number of ether oxygens (including phenoxy) is 1. The van der Waals surface area contributed by atoms with Crippen molar-refractivity contribution in [2.75, 3.05) is 11.8 Å². The lowest BCUT2D eigenvalue weighted by atomic mass is 10.2. The summed E-state index contributed by atoms with van der Waals surface area (Å²) in [5.74, 6) is -1.65. The third-order valence-corrected chi connectivity index (χ3v) is 4.61. The first-order chi connectivity index (χ1) is 11.0. The molecule has 5 nitrogen and oxygen atoms in total. The van der Waals surface area contributed by atoms with E-state index in [0.717, 1.165) is 6.07 Å². The number of hydrogen-bond acceptors (Lipinski definition) is 4. The normalized spacial score (nSPS) is 12.1. The van der Waals surface area contributed by atoms with Crippen LogP contribution in [0.2, 0.25) is 0 Å². The molecule has 1 aromatic carbocycles. The lowest BCUT2D eigenvalue weighted by Crippen LogP contribution is -2.16. The summed E-state index contributed by atoms with van der Waals surface area (Å²) in [5, 5.41) is 0. The molecule has 24 heavy (non-hydrogen) atoms. The average molecular weight is 429 g/mol. The van der Waals surface area contributed by atoms with Crippen LogP contribution in [0.25, 0.3) is 0 Å². The van der Waals surface area contributed by atoms with E-state index < -0.39 is 32.5 Å². The van der Waals surface area contributed by atoms with Gasteiger partial charge in [0.1, 0.15) is 11.5 Å². The van der Waals surface area contributed by atoms with Gasteiger partial charge in [0.25, 0.3) is 10.0 Å². The van der Waals surface area contributed by atoms with Crippen LogP contribution in [-0.4, -0.2) is 20.5 Å². The molecule has 0 aliphatic heterocycles. The van der Waals surface area contributed by atoms with Gasteiger partial charge in [-0.2, -0.15) is 13.2 Å². The van der Waals surface area contributed by atoms with Crippen LogP contribution in [0.15, 0.2) is 39.8 Å². The van der Waals surface area contributed by atoms with E-state index in [1.54, 1.807) is 0 Å². The smallest absolute Gasteiger partial charge is 0.419 e. The fraction of sp³-hybridized carbons (Fsp3) is 0.154. The zero-order chi connectivity index (χ0) is 18.1. The number of benzene rings is 1. The van der Waals surface area contributed by atoms with E-state index in [1.165, 1.54) is 19.4 Å². The molecule has 11 heteroatoms. The Kier molecular flexibility index (Phi) is 5.04. The standard InChI is InChI=1S/C13H9BrF4N2O3S/c1-23-12-11(4-7(14)6-19-12)20-24(21,22)8-2-3-10(15)9(5-8)13(16,17)18/h2-6,20H,1H3. The van der Waals surface area contributed by atoms with Gasteiger partial charge in [-0.1, -0.05) is 0 Å². The van der Waals surface area contributed by atoms with Gasteiger partial charge in [-0.05, 0) is 40.2 Å². The minimum absolute atomic E-state index is 0.0834. The maximum Gasteiger partial charge on any atom is 0.419 e. The van der Waals surface area contributed by atoms with E-state index in [1.807, 2.05) is 0 Å². The molecule has 0 aliphatic carbocycles. The van der Waals surface area contributed by atoms with Crippen LogP contribution < -0.4 is 9.46 Å². The number of methoxy groups -OCH3 is 1. The molecule has 2 aromatic rings. The summed E-state index contributed by atoms with van der Waals surface area (Å²) in [6, 6.07) is 2.70. The Hall–Kier alpha value is -1.88. The Morgan fingerprint density at radius 3 is 2.50 bits per heavy atom. The van der Waals surface area contributed by atoms with Crippen molar-refractivity contribution in [2.45, 2.75) is 11.1 Å². The lowest BCUT2D eigenvalue weighted by Gasteiger charge is -2.13. The van der Waals surface area contributed by atoms with Crippen molar-refractivity contribution in [3.8, 4) is 5.88 Å². The van der Waals surface area contributed by atoms with E-state index >= 15 is 0 Å². The van der Waals surface area contributed by atoms with Crippen molar-refractivity contribution >= 4 is 31.6 Å². The predicted molar refractivity (Wildman–Crippen MR) is 80.7 cm³/mol. The topological polar surface area (TPSA) is 68.3 Å². The Balaban J connectivity index is 2.47. The number of hydrogen-bond donors (Lipinski definition) is 1. The van der Waals surface area contributed by atoms with Crippen molar-refractivity contribution in [3.05, 3.63) is 46.3 Å². The van der Waals surface area contributed by atoms with Crippen LogP contribution in [-0.2, 0) is 16.2 Å². The first-order valence-electron chi connectivity index (χ1n) is 6.13. The van der Waals surface area contributed by atoms with Gasteiger partial charge in [0.05, 0.1) is 17.6 Å². The fourth-order valence-electron chi connectivity index (χ4n) is 1.75. The zero-order valence-electron chi connectivity index (χ0n) is 11.9. The highest BCUT2D eigenvalue weighted by atomic mass is 79.9. The number of sulfonamides is 1. The van der Waals surface area contributed by atoms with Crippen molar-refractivity contribution in [2.24, 2.45) is 0 Å². The first-order valence-corrected chi connectivity index (χ1v) is 8.41. The molecule has 0 unspecified atom stereocenters. The van der Waals surface area contributed by atoms with Crippen LogP contribution in [0.5, 0.6) is 5.88 Å². The highest BCUT2D eigenvalue weighted by molar-refractivity contribution is 9.10. The van der Waals surface area contributed by atoms with Gasteiger partial charge in [-0.25, -0.2) is 17.8 Å². The Morgan fingerprint density at radius 2 is 1.92 bits per heavy atom. The number of aromatic nitrogens is 1. The monoisotopic (exact) mass is 428 g/mol. The molecule has 0 spiro atoms. The predicted octanol–water partition coefficient (Wildman–Crippen LogP) is 3.81. The number of anilines is 1. The van der Waals surface area contributed by atoms with E-state index in [-0.39, 0.29) is 17.6 Å². The number of nitrogens with zero attached hydrogens (tertiary/aromatic N) is 1. The van der Waals surface area contributed by atoms with Crippen LogP contribution in [0.3, 0.4) is 0 Å². The summed E-state index contributed by atoms with van der Waals surface area (Å²) >= 11 is 3.09. The Bertz CT molecular complexity index is 872. The number of nitrogens with one attached hydrogen (secondary N) is 1. The van der Waals surface area contributed by atoms with E-state index in [0.29, 0.717) is 10.5 Å². The van der Waals surface area contributed by atoms with E-state index in [4.69, 9.17) is 4.74 Å². The summed E-state index contributed by atoms with van der Waals surface area (Å²) in [5.41, 5.74) is -1.77. The van der Waals surface area contributed by atoms with Crippen LogP contribution in [0.4, 0.5) is 23.2 Å². The summed E-state index contributed by atoms with van der Waals surface area (Å²) in [6.45, 7) is 0. The van der Waals surface area contributed by atoms with Crippen LogP contribution >= 0.6 is 15.9 Å². The molecule has 0 amide bonds. The van der Waals surface area contributed by atoms with Gasteiger partial charge < -0.3 is 4.74 Å². The quantitative estimate of drug-likeness (QED) is 0.751. The van der Waals surface area contributed by atoms with Crippen molar-refractivity contribution in [1.29, 1.82) is 0 Å². The molecule has 0 aliphatic rings. The molecule has 0 saturated carbocycles. The molecule has 1 aromatic heterocycles. The number of rotatable bonds is 4. The van der Waals surface area contributed by atoms with Gasteiger partial charge in [-0.3, -0.25) is 4.72 Å². The number of halogens is 5. The maximum absolute atomic E-state index is 13.3. The Morgan fingerprint density at radius 1 is 1.25 bits per heavy atom. The molecule has 1 heterocycles. The summed E-state index contributed by atoms with van der Waals surface area (Å²) < 4.78 is 83.3. The Labute approximate surface area is 142 Å². The second kappa shape index (κ2) is 6.55. The molecule has 0 radical (unpaired) electrons. The number of alkyl halides is 3. The third kappa shape index (κ3) is 3.96. The molecule has 0 fully saturated rings. The van der Waals surface area contributed by atoms with Gasteiger partial charge in [0.2, 0.25) is 5.88 Å². The van der Waals surface area contributed by atoms with Crippen LogP contribution in [0, 0.1) is 5.82 Å². The van der Waals surface area contributed by atoms with Crippen LogP contribution in [0.1, 0.15) is 5.56 Å². The molecule has 0 saturated heterocycles. The highest BCUT2D eigenvalue weighted by Gasteiger charge is 2.35. The average Bonchev–Trinajstić information content (AvgIpc) is 2.46. The minimum Gasteiger partial charge on any atom is -0.479 e. The first kappa shape index (κ1) is 18.5. The number of pyridine rings is 1. The van der Waals surface area contributed by atoms with Gasteiger partial charge >= 0.3 is 6.18 Å².